The standard InChI is InChI=1S/C28H17F5/c1-2-3-4-19-14-23(29)26(24(30)15-19)20-10-7-17(8-11-20)5-6-18-9-12-22-21(13-18)16-25(31)28(33)27(22)32/h2,7-16H,1,3-4H2. The molecule has 0 unspecified atom stereocenters. The van der Waals surface area contributed by atoms with Gasteiger partial charge in [0.05, 0.1) is 5.56 Å². The Kier molecular flexibility index (Phi) is 6.28. The Balaban J connectivity index is 1.59. The van der Waals surface area contributed by atoms with Gasteiger partial charge in [-0.05, 0) is 71.8 Å². The second-order valence-electron chi connectivity index (χ2n) is 7.51. The number of allylic oxidation sites excluding steroid dienone is 1. The summed E-state index contributed by atoms with van der Waals surface area (Å²) in [5.74, 6) is 0.466. The highest BCUT2D eigenvalue weighted by molar-refractivity contribution is 5.84. The van der Waals surface area contributed by atoms with Crippen LogP contribution in [0.25, 0.3) is 21.9 Å². The lowest BCUT2D eigenvalue weighted by Gasteiger charge is -2.08. The van der Waals surface area contributed by atoms with Crippen molar-refractivity contribution in [3.05, 3.63) is 119 Å². The van der Waals surface area contributed by atoms with Crippen molar-refractivity contribution in [3.8, 4) is 23.0 Å². The van der Waals surface area contributed by atoms with E-state index in [1.54, 1.807) is 30.3 Å². The van der Waals surface area contributed by atoms with Crippen LogP contribution in [-0.2, 0) is 6.42 Å². The summed E-state index contributed by atoms with van der Waals surface area (Å²) in [5.41, 5.74) is 1.89. The van der Waals surface area contributed by atoms with E-state index in [-0.39, 0.29) is 16.3 Å². The first-order valence-corrected chi connectivity index (χ1v) is 10.2. The molecular weight excluding hydrogens is 431 g/mol. The molecule has 4 aromatic carbocycles. The normalized spacial score (nSPS) is 10.7. The largest absolute Gasteiger partial charge is 0.206 e. The zero-order chi connectivity index (χ0) is 23.5. The highest BCUT2D eigenvalue weighted by Gasteiger charge is 2.14. The average molecular weight is 448 g/mol. The molecule has 0 N–H and O–H groups in total. The maximum atomic E-state index is 14.5. The number of hydrogen-bond acceptors (Lipinski definition) is 0. The summed E-state index contributed by atoms with van der Waals surface area (Å²) in [6.45, 7) is 3.61. The predicted octanol–water partition coefficient (Wildman–Crippen LogP) is 7.72. The molecule has 0 bridgehead atoms. The molecule has 164 valence electrons. The SMILES string of the molecule is C=CCCc1cc(F)c(-c2ccc(C#Cc3ccc4c(F)c(F)c(F)cc4c3)cc2)c(F)c1. The van der Waals surface area contributed by atoms with Gasteiger partial charge in [-0.1, -0.05) is 36.1 Å². The van der Waals surface area contributed by atoms with Crippen LogP contribution in [0.15, 0.2) is 73.3 Å². The molecule has 0 fully saturated rings. The third-order valence-electron chi connectivity index (χ3n) is 5.24. The maximum Gasteiger partial charge on any atom is 0.195 e. The number of rotatable bonds is 4. The number of benzene rings is 4. The average Bonchev–Trinajstić information content (AvgIpc) is 2.80. The van der Waals surface area contributed by atoms with Crippen LogP contribution in [0, 0.1) is 40.9 Å². The zero-order valence-electron chi connectivity index (χ0n) is 17.4. The molecular formula is C28H17F5. The molecule has 0 atom stereocenters. The molecule has 0 saturated carbocycles. The van der Waals surface area contributed by atoms with E-state index in [2.05, 4.69) is 18.4 Å². The molecule has 0 amide bonds. The van der Waals surface area contributed by atoms with E-state index in [1.807, 2.05) is 0 Å². The van der Waals surface area contributed by atoms with Gasteiger partial charge in [0, 0.05) is 16.5 Å². The van der Waals surface area contributed by atoms with Gasteiger partial charge in [-0.3, -0.25) is 0 Å². The molecule has 0 aliphatic carbocycles. The minimum Gasteiger partial charge on any atom is -0.206 e. The molecule has 0 nitrogen and oxygen atoms in total. The van der Waals surface area contributed by atoms with E-state index in [4.69, 9.17) is 0 Å². The summed E-state index contributed by atoms with van der Waals surface area (Å²) in [6.07, 6.45) is 2.83. The maximum absolute atomic E-state index is 14.5. The third-order valence-corrected chi connectivity index (χ3v) is 5.24. The van der Waals surface area contributed by atoms with Gasteiger partial charge in [-0.15, -0.1) is 6.58 Å². The smallest absolute Gasteiger partial charge is 0.195 e. The van der Waals surface area contributed by atoms with E-state index < -0.39 is 29.1 Å². The van der Waals surface area contributed by atoms with Gasteiger partial charge >= 0.3 is 0 Å². The van der Waals surface area contributed by atoms with Gasteiger partial charge in [0.15, 0.2) is 17.5 Å². The summed E-state index contributed by atoms with van der Waals surface area (Å²) in [6, 6.07) is 14.3. The number of hydrogen-bond donors (Lipinski definition) is 0. The van der Waals surface area contributed by atoms with Crippen molar-refractivity contribution < 1.29 is 22.0 Å². The molecule has 0 aliphatic heterocycles. The number of fused-ring (bicyclic) bond motifs is 1. The van der Waals surface area contributed by atoms with Gasteiger partial charge in [0.25, 0.3) is 0 Å². The molecule has 0 spiro atoms. The van der Waals surface area contributed by atoms with Gasteiger partial charge in [-0.2, -0.15) is 0 Å². The van der Waals surface area contributed by atoms with E-state index >= 15 is 0 Å². The number of aryl methyl sites for hydroxylation is 1. The highest BCUT2D eigenvalue weighted by Crippen LogP contribution is 2.28. The summed E-state index contributed by atoms with van der Waals surface area (Å²) in [7, 11) is 0. The Hall–Kier alpha value is -3.91. The Bertz CT molecular complexity index is 1400. The van der Waals surface area contributed by atoms with Crippen molar-refractivity contribution in [1.82, 2.24) is 0 Å². The quantitative estimate of drug-likeness (QED) is 0.130. The van der Waals surface area contributed by atoms with Gasteiger partial charge in [0.1, 0.15) is 11.6 Å². The minimum absolute atomic E-state index is 0.0385. The molecule has 0 aromatic heterocycles. The Morgan fingerprint density at radius 2 is 1.33 bits per heavy atom. The molecule has 5 heteroatoms. The predicted molar refractivity (Wildman–Crippen MR) is 120 cm³/mol. The van der Waals surface area contributed by atoms with Crippen molar-refractivity contribution in [2.45, 2.75) is 12.8 Å². The second-order valence-corrected chi connectivity index (χ2v) is 7.51. The Labute approximate surface area is 188 Å². The lowest BCUT2D eigenvalue weighted by atomic mass is 9.99. The molecule has 0 aliphatic rings. The van der Waals surface area contributed by atoms with E-state index in [0.717, 1.165) is 6.07 Å². The molecule has 4 aromatic rings. The van der Waals surface area contributed by atoms with Crippen LogP contribution in [0.4, 0.5) is 22.0 Å². The molecule has 33 heavy (non-hydrogen) atoms. The molecule has 0 saturated heterocycles. The first-order chi connectivity index (χ1) is 15.9. The van der Waals surface area contributed by atoms with Crippen LogP contribution in [0.5, 0.6) is 0 Å². The lowest BCUT2D eigenvalue weighted by molar-refractivity contribution is 0.453. The van der Waals surface area contributed by atoms with Crippen LogP contribution >= 0.6 is 0 Å². The van der Waals surface area contributed by atoms with E-state index in [9.17, 15) is 22.0 Å². The van der Waals surface area contributed by atoms with Crippen molar-refractivity contribution in [3.63, 3.8) is 0 Å². The highest BCUT2D eigenvalue weighted by atomic mass is 19.2. The second kappa shape index (κ2) is 9.30. The van der Waals surface area contributed by atoms with Crippen molar-refractivity contribution in [1.29, 1.82) is 0 Å². The number of halogens is 5. The minimum atomic E-state index is -1.51. The first kappa shape index (κ1) is 22.3. The van der Waals surface area contributed by atoms with Crippen LogP contribution in [-0.4, -0.2) is 0 Å². The van der Waals surface area contributed by atoms with Crippen molar-refractivity contribution in [2.24, 2.45) is 0 Å². The van der Waals surface area contributed by atoms with Crippen LogP contribution < -0.4 is 0 Å². The van der Waals surface area contributed by atoms with Gasteiger partial charge in [0.2, 0.25) is 0 Å². The fourth-order valence-electron chi connectivity index (χ4n) is 3.56. The van der Waals surface area contributed by atoms with Gasteiger partial charge in [-0.25, -0.2) is 22.0 Å². The topological polar surface area (TPSA) is 0 Å². The monoisotopic (exact) mass is 448 g/mol. The summed E-state index contributed by atoms with van der Waals surface area (Å²) >= 11 is 0. The third kappa shape index (κ3) is 4.65. The van der Waals surface area contributed by atoms with Crippen LogP contribution in [0.2, 0.25) is 0 Å². The molecule has 0 radical (unpaired) electrons. The fraction of sp³-hybridized carbons (Fsp3) is 0.0714. The van der Waals surface area contributed by atoms with Crippen LogP contribution in [0.1, 0.15) is 23.1 Å². The van der Waals surface area contributed by atoms with E-state index in [1.165, 1.54) is 30.3 Å². The Morgan fingerprint density at radius 3 is 2.00 bits per heavy atom. The van der Waals surface area contributed by atoms with E-state index in [0.29, 0.717) is 35.1 Å². The Morgan fingerprint density at radius 1 is 0.697 bits per heavy atom. The summed E-state index contributed by atoms with van der Waals surface area (Å²) in [5, 5.41) is 0.152. The molecule has 0 heterocycles. The first-order valence-electron chi connectivity index (χ1n) is 10.2. The zero-order valence-corrected chi connectivity index (χ0v) is 17.4. The van der Waals surface area contributed by atoms with Gasteiger partial charge < -0.3 is 0 Å². The van der Waals surface area contributed by atoms with Crippen molar-refractivity contribution >= 4 is 10.8 Å². The lowest BCUT2D eigenvalue weighted by Crippen LogP contribution is -1.95. The fourth-order valence-corrected chi connectivity index (χ4v) is 3.56. The summed E-state index contributed by atoms with van der Waals surface area (Å²) < 4.78 is 69.8. The molecule has 4 rings (SSSR count). The van der Waals surface area contributed by atoms with Crippen molar-refractivity contribution in [2.75, 3.05) is 0 Å². The van der Waals surface area contributed by atoms with Crippen LogP contribution in [0.3, 0.4) is 0 Å². The summed E-state index contributed by atoms with van der Waals surface area (Å²) in [4.78, 5) is 0.